The van der Waals surface area contributed by atoms with Crippen LogP contribution in [0.15, 0.2) is 12.1 Å². The minimum Gasteiger partial charge on any atom is -0.493 e. The van der Waals surface area contributed by atoms with Gasteiger partial charge in [-0.2, -0.15) is 0 Å². The number of alkyl halides is 3. The molecule has 3 nitrogen and oxygen atoms in total. The van der Waals surface area contributed by atoms with Gasteiger partial charge in [0.1, 0.15) is 0 Å². The molecule has 114 valence electrons. The highest BCUT2D eigenvalue weighted by Crippen LogP contribution is 2.37. The SMILES string of the molecule is CCc1cc(CCCCN)c(OC)c(OC(F)(F)F)c1. The largest absolute Gasteiger partial charge is 0.573 e. The second kappa shape index (κ2) is 7.38. The van der Waals surface area contributed by atoms with Crippen LogP contribution < -0.4 is 15.2 Å². The number of nitrogens with two attached hydrogens (primary N) is 1. The first kappa shape index (κ1) is 16.6. The third-order valence-corrected chi connectivity index (χ3v) is 2.93. The van der Waals surface area contributed by atoms with Gasteiger partial charge in [0.2, 0.25) is 0 Å². The summed E-state index contributed by atoms with van der Waals surface area (Å²) in [4.78, 5) is 0. The number of halogens is 3. The first-order valence-corrected chi connectivity index (χ1v) is 6.56. The van der Waals surface area contributed by atoms with E-state index in [9.17, 15) is 13.2 Å². The average molecular weight is 291 g/mol. The molecule has 0 aliphatic carbocycles. The number of aryl methyl sites for hydroxylation is 2. The standard InChI is InChI=1S/C14H20F3NO2/c1-3-10-8-11(6-4-5-7-18)13(19-2)12(9-10)20-14(15,16)17/h8-9H,3-7,18H2,1-2H3. The van der Waals surface area contributed by atoms with Crippen LogP contribution in [0.1, 0.15) is 30.9 Å². The highest BCUT2D eigenvalue weighted by atomic mass is 19.4. The first-order chi connectivity index (χ1) is 9.41. The fraction of sp³-hybridized carbons (Fsp3) is 0.571. The van der Waals surface area contributed by atoms with Crippen molar-refractivity contribution in [3.63, 3.8) is 0 Å². The van der Waals surface area contributed by atoms with Gasteiger partial charge >= 0.3 is 6.36 Å². The normalized spacial score (nSPS) is 11.5. The van der Waals surface area contributed by atoms with Crippen LogP contribution in [-0.4, -0.2) is 20.0 Å². The summed E-state index contributed by atoms with van der Waals surface area (Å²) in [5.74, 6) is -0.126. The van der Waals surface area contributed by atoms with Crippen molar-refractivity contribution in [2.24, 2.45) is 5.73 Å². The van der Waals surface area contributed by atoms with E-state index in [1.54, 1.807) is 0 Å². The van der Waals surface area contributed by atoms with Crippen LogP contribution >= 0.6 is 0 Å². The van der Waals surface area contributed by atoms with Crippen LogP contribution in [-0.2, 0) is 12.8 Å². The summed E-state index contributed by atoms with van der Waals surface area (Å²) in [7, 11) is 1.34. The molecule has 0 fully saturated rings. The van der Waals surface area contributed by atoms with E-state index in [2.05, 4.69) is 4.74 Å². The van der Waals surface area contributed by atoms with Crippen LogP contribution in [0.4, 0.5) is 13.2 Å². The Morgan fingerprint density at radius 1 is 1.20 bits per heavy atom. The molecule has 1 aromatic carbocycles. The zero-order valence-corrected chi connectivity index (χ0v) is 11.7. The third-order valence-electron chi connectivity index (χ3n) is 2.93. The van der Waals surface area contributed by atoms with Crippen molar-refractivity contribution in [3.8, 4) is 11.5 Å². The minimum absolute atomic E-state index is 0.150. The zero-order chi connectivity index (χ0) is 15.2. The molecule has 0 bridgehead atoms. The lowest BCUT2D eigenvalue weighted by Crippen LogP contribution is -2.18. The van der Waals surface area contributed by atoms with Crippen molar-refractivity contribution in [1.82, 2.24) is 0 Å². The van der Waals surface area contributed by atoms with Crippen LogP contribution in [0.2, 0.25) is 0 Å². The van der Waals surface area contributed by atoms with Gasteiger partial charge in [-0.1, -0.05) is 13.0 Å². The van der Waals surface area contributed by atoms with Crippen LogP contribution in [0, 0.1) is 0 Å². The Labute approximate surface area is 116 Å². The molecule has 1 aromatic rings. The Hall–Kier alpha value is -1.43. The van der Waals surface area contributed by atoms with Gasteiger partial charge in [-0.3, -0.25) is 0 Å². The van der Waals surface area contributed by atoms with Crippen molar-refractivity contribution in [2.45, 2.75) is 39.0 Å². The van der Waals surface area contributed by atoms with Gasteiger partial charge in [0.05, 0.1) is 7.11 Å². The van der Waals surface area contributed by atoms with Gasteiger partial charge in [-0.25, -0.2) is 0 Å². The Morgan fingerprint density at radius 3 is 2.40 bits per heavy atom. The van der Waals surface area contributed by atoms with E-state index in [1.807, 2.05) is 13.0 Å². The number of rotatable bonds is 7. The lowest BCUT2D eigenvalue weighted by atomic mass is 10.0. The second-order valence-electron chi connectivity index (χ2n) is 4.43. The number of hydrogen-bond donors (Lipinski definition) is 1. The zero-order valence-electron chi connectivity index (χ0n) is 11.7. The maximum absolute atomic E-state index is 12.4. The maximum Gasteiger partial charge on any atom is 0.573 e. The monoisotopic (exact) mass is 291 g/mol. The number of unbranched alkanes of at least 4 members (excludes halogenated alkanes) is 1. The Balaban J connectivity index is 3.10. The highest BCUT2D eigenvalue weighted by Gasteiger charge is 2.33. The van der Waals surface area contributed by atoms with Crippen molar-refractivity contribution in [2.75, 3.05) is 13.7 Å². The predicted octanol–water partition coefficient (Wildman–Crippen LogP) is 3.44. The minimum atomic E-state index is -4.73. The second-order valence-corrected chi connectivity index (χ2v) is 4.43. The summed E-state index contributed by atoms with van der Waals surface area (Å²) >= 11 is 0. The molecule has 0 radical (unpaired) electrons. The van der Waals surface area contributed by atoms with Gasteiger partial charge in [0.15, 0.2) is 11.5 Å². The molecule has 0 unspecified atom stereocenters. The summed E-state index contributed by atoms with van der Waals surface area (Å²) in [6, 6.07) is 3.23. The molecular weight excluding hydrogens is 271 g/mol. The van der Waals surface area contributed by atoms with E-state index in [4.69, 9.17) is 10.5 Å². The van der Waals surface area contributed by atoms with Crippen LogP contribution in [0.25, 0.3) is 0 Å². The van der Waals surface area contributed by atoms with Gasteiger partial charge in [-0.15, -0.1) is 13.2 Å². The van der Waals surface area contributed by atoms with E-state index in [1.165, 1.54) is 13.2 Å². The number of ether oxygens (including phenoxy) is 2. The molecule has 1 rings (SSSR count). The van der Waals surface area contributed by atoms with E-state index in [-0.39, 0.29) is 11.5 Å². The quantitative estimate of drug-likeness (QED) is 0.783. The Kier molecular flexibility index (Phi) is 6.13. The summed E-state index contributed by atoms with van der Waals surface area (Å²) in [6.07, 6.45) is -1.88. The van der Waals surface area contributed by atoms with Crippen molar-refractivity contribution < 1.29 is 22.6 Å². The van der Waals surface area contributed by atoms with E-state index in [0.717, 1.165) is 24.0 Å². The molecule has 0 aromatic heterocycles. The van der Waals surface area contributed by atoms with E-state index < -0.39 is 6.36 Å². The van der Waals surface area contributed by atoms with Crippen molar-refractivity contribution >= 4 is 0 Å². The molecule has 0 spiro atoms. The van der Waals surface area contributed by atoms with Crippen molar-refractivity contribution in [3.05, 3.63) is 23.3 Å². The van der Waals surface area contributed by atoms with Gasteiger partial charge in [0, 0.05) is 0 Å². The lowest BCUT2D eigenvalue weighted by Gasteiger charge is -2.17. The smallest absolute Gasteiger partial charge is 0.493 e. The molecule has 0 aliphatic rings. The average Bonchev–Trinajstić information content (AvgIpc) is 2.36. The molecule has 2 N–H and O–H groups in total. The fourth-order valence-electron chi connectivity index (χ4n) is 2.00. The summed E-state index contributed by atoms with van der Waals surface area (Å²) < 4.78 is 46.5. The number of hydrogen-bond acceptors (Lipinski definition) is 3. The molecule has 6 heteroatoms. The Bertz CT molecular complexity index is 433. The lowest BCUT2D eigenvalue weighted by molar-refractivity contribution is -0.275. The van der Waals surface area contributed by atoms with E-state index >= 15 is 0 Å². The highest BCUT2D eigenvalue weighted by molar-refractivity contribution is 5.49. The Morgan fingerprint density at radius 2 is 1.90 bits per heavy atom. The predicted molar refractivity (Wildman–Crippen MR) is 71.0 cm³/mol. The first-order valence-electron chi connectivity index (χ1n) is 6.56. The molecular formula is C14H20F3NO2. The number of benzene rings is 1. The molecule has 0 saturated carbocycles. The molecule has 0 heterocycles. The topological polar surface area (TPSA) is 44.5 Å². The molecule has 0 amide bonds. The third kappa shape index (κ3) is 4.92. The number of methoxy groups -OCH3 is 1. The van der Waals surface area contributed by atoms with Gasteiger partial charge in [0.25, 0.3) is 0 Å². The van der Waals surface area contributed by atoms with Gasteiger partial charge in [-0.05, 0) is 49.4 Å². The van der Waals surface area contributed by atoms with Crippen LogP contribution in [0.3, 0.4) is 0 Å². The maximum atomic E-state index is 12.4. The summed E-state index contributed by atoms with van der Waals surface area (Å²) in [6.45, 7) is 2.44. The fourth-order valence-corrected chi connectivity index (χ4v) is 2.00. The molecule has 20 heavy (non-hydrogen) atoms. The molecule has 0 saturated heterocycles. The van der Waals surface area contributed by atoms with Crippen molar-refractivity contribution in [1.29, 1.82) is 0 Å². The van der Waals surface area contributed by atoms with Gasteiger partial charge < -0.3 is 15.2 Å². The summed E-state index contributed by atoms with van der Waals surface area (Å²) in [5, 5.41) is 0. The molecule has 0 aliphatic heterocycles. The molecule has 0 atom stereocenters. The van der Waals surface area contributed by atoms with E-state index in [0.29, 0.717) is 19.4 Å². The summed E-state index contributed by atoms with van der Waals surface area (Å²) in [5.41, 5.74) is 6.93. The van der Waals surface area contributed by atoms with Crippen LogP contribution in [0.5, 0.6) is 11.5 Å².